The van der Waals surface area contributed by atoms with Gasteiger partial charge in [-0.3, -0.25) is 0 Å². The Bertz CT molecular complexity index is 256. The van der Waals surface area contributed by atoms with Gasteiger partial charge in [0.25, 0.3) is 0 Å². The maximum absolute atomic E-state index is 9.70. The Morgan fingerprint density at radius 2 is 1.85 bits per heavy atom. The zero-order chi connectivity index (χ0) is 9.84. The zero-order valence-electron chi connectivity index (χ0n) is 8.07. The molecule has 0 fully saturated rings. The second-order valence-electron chi connectivity index (χ2n) is 3.44. The number of likely N-dealkylation sites (N-methyl/N-ethyl adjacent to an activating group) is 1. The molecule has 0 aliphatic carbocycles. The summed E-state index contributed by atoms with van der Waals surface area (Å²) in [4.78, 5) is 1.95. The van der Waals surface area contributed by atoms with Crippen LogP contribution in [0.2, 0.25) is 0 Å². The number of anilines is 1. The minimum atomic E-state index is -0.435. The minimum Gasteiger partial charge on any atom is -0.399 e. The summed E-state index contributed by atoms with van der Waals surface area (Å²) in [6, 6.07) is 7.30. The molecular formula is C10H16N2O. The van der Waals surface area contributed by atoms with Crippen LogP contribution in [0.15, 0.2) is 24.3 Å². The van der Waals surface area contributed by atoms with Crippen LogP contribution in [-0.4, -0.2) is 30.6 Å². The van der Waals surface area contributed by atoms with E-state index in [1.54, 1.807) is 12.1 Å². The molecule has 0 amide bonds. The van der Waals surface area contributed by atoms with E-state index in [-0.39, 0.29) is 0 Å². The summed E-state index contributed by atoms with van der Waals surface area (Å²) in [5.74, 6) is 0. The largest absolute Gasteiger partial charge is 0.399 e. The van der Waals surface area contributed by atoms with Crippen LogP contribution in [0, 0.1) is 0 Å². The van der Waals surface area contributed by atoms with Crippen molar-refractivity contribution in [3.05, 3.63) is 29.8 Å². The Morgan fingerprint density at radius 3 is 2.31 bits per heavy atom. The summed E-state index contributed by atoms with van der Waals surface area (Å²) < 4.78 is 0. The topological polar surface area (TPSA) is 49.5 Å². The van der Waals surface area contributed by atoms with Crippen molar-refractivity contribution in [1.29, 1.82) is 0 Å². The summed E-state index contributed by atoms with van der Waals surface area (Å²) in [5, 5.41) is 9.70. The Hall–Kier alpha value is -1.06. The van der Waals surface area contributed by atoms with Crippen molar-refractivity contribution >= 4 is 5.69 Å². The predicted molar refractivity (Wildman–Crippen MR) is 54.4 cm³/mol. The first-order chi connectivity index (χ1) is 6.09. The molecule has 0 heterocycles. The molecule has 1 rings (SSSR count). The molecule has 0 aliphatic heterocycles. The highest BCUT2D eigenvalue weighted by Crippen LogP contribution is 2.14. The predicted octanol–water partition coefficient (Wildman–Crippen LogP) is 0.864. The van der Waals surface area contributed by atoms with Crippen LogP contribution < -0.4 is 5.73 Å². The number of aliphatic hydroxyl groups excluding tert-OH is 1. The first-order valence-corrected chi connectivity index (χ1v) is 4.28. The molecule has 1 unspecified atom stereocenters. The van der Waals surface area contributed by atoms with Gasteiger partial charge >= 0.3 is 0 Å². The van der Waals surface area contributed by atoms with Gasteiger partial charge in [-0.25, -0.2) is 0 Å². The van der Waals surface area contributed by atoms with Gasteiger partial charge in [0.05, 0.1) is 6.10 Å². The molecule has 0 saturated carbocycles. The van der Waals surface area contributed by atoms with Crippen molar-refractivity contribution in [3.8, 4) is 0 Å². The molecule has 0 saturated heterocycles. The summed E-state index contributed by atoms with van der Waals surface area (Å²) in [6.07, 6.45) is -0.435. The second kappa shape index (κ2) is 4.25. The third-order valence-corrected chi connectivity index (χ3v) is 1.86. The van der Waals surface area contributed by atoms with E-state index in [1.165, 1.54) is 0 Å². The molecule has 3 N–H and O–H groups in total. The van der Waals surface area contributed by atoms with Crippen LogP contribution in [0.4, 0.5) is 5.69 Å². The van der Waals surface area contributed by atoms with Gasteiger partial charge in [0.15, 0.2) is 0 Å². The molecule has 0 aliphatic rings. The molecule has 0 aromatic heterocycles. The molecule has 1 aromatic rings. The standard InChI is InChI=1S/C10H16N2O/c1-12(2)7-10(13)8-3-5-9(11)6-4-8/h3-6,10,13H,7,11H2,1-2H3. The fourth-order valence-electron chi connectivity index (χ4n) is 1.17. The van der Waals surface area contributed by atoms with E-state index in [0.29, 0.717) is 6.54 Å². The Labute approximate surface area is 78.8 Å². The van der Waals surface area contributed by atoms with E-state index >= 15 is 0 Å². The molecule has 3 nitrogen and oxygen atoms in total. The monoisotopic (exact) mass is 180 g/mol. The third-order valence-electron chi connectivity index (χ3n) is 1.86. The van der Waals surface area contributed by atoms with E-state index in [4.69, 9.17) is 5.73 Å². The number of aliphatic hydroxyl groups is 1. The maximum Gasteiger partial charge on any atom is 0.0916 e. The highest BCUT2D eigenvalue weighted by molar-refractivity contribution is 5.39. The average molecular weight is 180 g/mol. The number of nitrogen functional groups attached to an aromatic ring is 1. The fraction of sp³-hybridized carbons (Fsp3) is 0.400. The normalized spacial score (nSPS) is 13.2. The lowest BCUT2D eigenvalue weighted by atomic mass is 10.1. The first-order valence-electron chi connectivity index (χ1n) is 4.28. The lowest BCUT2D eigenvalue weighted by Gasteiger charge is -2.16. The molecule has 1 aromatic carbocycles. The molecule has 0 spiro atoms. The van der Waals surface area contributed by atoms with E-state index < -0.39 is 6.10 Å². The summed E-state index contributed by atoms with van der Waals surface area (Å²) in [5.41, 5.74) is 7.16. The van der Waals surface area contributed by atoms with E-state index in [2.05, 4.69) is 0 Å². The van der Waals surface area contributed by atoms with Gasteiger partial charge in [-0.15, -0.1) is 0 Å². The van der Waals surface area contributed by atoms with Crippen molar-refractivity contribution in [1.82, 2.24) is 4.90 Å². The summed E-state index contributed by atoms with van der Waals surface area (Å²) >= 11 is 0. The Kier molecular flexibility index (Phi) is 3.28. The number of nitrogens with two attached hydrogens (primary N) is 1. The molecule has 72 valence electrons. The van der Waals surface area contributed by atoms with Crippen molar-refractivity contribution < 1.29 is 5.11 Å². The number of hydrogen-bond donors (Lipinski definition) is 2. The highest BCUT2D eigenvalue weighted by atomic mass is 16.3. The minimum absolute atomic E-state index is 0.435. The van der Waals surface area contributed by atoms with Crippen LogP contribution >= 0.6 is 0 Å². The summed E-state index contributed by atoms with van der Waals surface area (Å²) in [6.45, 7) is 0.629. The zero-order valence-corrected chi connectivity index (χ0v) is 8.07. The van der Waals surface area contributed by atoms with Crippen molar-refractivity contribution in [2.45, 2.75) is 6.10 Å². The van der Waals surface area contributed by atoms with Gasteiger partial charge in [0.2, 0.25) is 0 Å². The van der Waals surface area contributed by atoms with Gasteiger partial charge in [-0.1, -0.05) is 12.1 Å². The van der Waals surface area contributed by atoms with Crippen LogP contribution in [0.1, 0.15) is 11.7 Å². The highest BCUT2D eigenvalue weighted by Gasteiger charge is 2.07. The number of hydrogen-bond acceptors (Lipinski definition) is 3. The van der Waals surface area contributed by atoms with Crippen LogP contribution in [0.25, 0.3) is 0 Å². The Balaban J connectivity index is 2.66. The lowest BCUT2D eigenvalue weighted by molar-refractivity contribution is 0.138. The SMILES string of the molecule is CN(C)CC(O)c1ccc(N)cc1. The van der Waals surface area contributed by atoms with Crippen molar-refractivity contribution in [2.24, 2.45) is 0 Å². The molecular weight excluding hydrogens is 164 g/mol. The number of benzene rings is 1. The number of nitrogens with zero attached hydrogens (tertiary/aromatic N) is 1. The smallest absolute Gasteiger partial charge is 0.0916 e. The fourth-order valence-corrected chi connectivity index (χ4v) is 1.17. The van der Waals surface area contributed by atoms with E-state index in [9.17, 15) is 5.11 Å². The van der Waals surface area contributed by atoms with Crippen LogP contribution in [0.3, 0.4) is 0 Å². The number of rotatable bonds is 3. The van der Waals surface area contributed by atoms with Gasteiger partial charge < -0.3 is 15.7 Å². The van der Waals surface area contributed by atoms with E-state index in [1.807, 2.05) is 31.1 Å². The van der Waals surface area contributed by atoms with Crippen LogP contribution in [0.5, 0.6) is 0 Å². The molecule has 0 radical (unpaired) electrons. The average Bonchev–Trinajstić information content (AvgIpc) is 2.04. The third kappa shape index (κ3) is 3.05. The molecule has 0 bridgehead atoms. The van der Waals surface area contributed by atoms with Crippen molar-refractivity contribution in [3.63, 3.8) is 0 Å². The van der Waals surface area contributed by atoms with Gasteiger partial charge in [0, 0.05) is 12.2 Å². The molecule has 13 heavy (non-hydrogen) atoms. The molecule has 1 atom stereocenters. The summed E-state index contributed by atoms with van der Waals surface area (Å²) in [7, 11) is 3.86. The van der Waals surface area contributed by atoms with Gasteiger partial charge in [-0.2, -0.15) is 0 Å². The van der Waals surface area contributed by atoms with Crippen LogP contribution in [-0.2, 0) is 0 Å². The Morgan fingerprint density at radius 1 is 1.31 bits per heavy atom. The van der Waals surface area contributed by atoms with Gasteiger partial charge in [0.1, 0.15) is 0 Å². The van der Waals surface area contributed by atoms with E-state index in [0.717, 1.165) is 11.3 Å². The maximum atomic E-state index is 9.70. The first kappa shape index (κ1) is 10.0. The quantitative estimate of drug-likeness (QED) is 0.678. The lowest BCUT2D eigenvalue weighted by Crippen LogP contribution is -2.19. The second-order valence-corrected chi connectivity index (χ2v) is 3.44. The molecule has 3 heteroatoms. The van der Waals surface area contributed by atoms with Crippen molar-refractivity contribution in [2.75, 3.05) is 26.4 Å². The van der Waals surface area contributed by atoms with Gasteiger partial charge in [-0.05, 0) is 31.8 Å².